The zero-order chi connectivity index (χ0) is 7.23. The summed E-state index contributed by atoms with van der Waals surface area (Å²) in [6, 6.07) is 10.3. The van der Waals surface area contributed by atoms with Gasteiger partial charge in [0.15, 0.2) is 0 Å². The van der Waals surface area contributed by atoms with Crippen molar-refractivity contribution < 1.29 is 0 Å². The van der Waals surface area contributed by atoms with Crippen molar-refractivity contribution in [2.45, 2.75) is 6.92 Å². The lowest BCUT2D eigenvalue weighted by Crippen LogP contribution is -1.73. The Labute approximate surface area is 62.2 Å². The van der Waals surface area contributed by atoms with Crippen molar-refractivity contribution in [1.82, 2.24) is 0 Å². The maximum Gasteiger partial charge on any atom is 0.0121 e. The minimum Gasteiger partial charge on any atom is -0.0910 e. The van der Waals surface area contributed by atoms with Gasteiger partial charge >= 0.3 is 0 Å². The third kappa shape index (κ3) is 2.06. The molecule has 0 fully saturated rings. The van der Waals surface area contributed by atoms with Crippen molar-refractivity contribution in [3.8, 4) is 0 Å². The first-order valence-corrected chi connectivity index (χ1v) is 3.44. The van der Waals surface area contributed by atoms with Crippen LogP contribution in [0.15, 0.2) is 42.5 Å². The SMILES string of the molecule is C/C=C\[CH]c1ccccc1. The van der Waals surface area contributed by atoms with E-state index in [0.29, 0.717) is 0 Å². The van der Waals surface area contributed by atoms with E-state index in [1.165, 1.54) is 5.56 Å². The van der Waals surface area contributed by atoms with Crippen LogP contribution in [0.25, 0.3) is 0 Å². The van der Waals surface area contributed by atoms with Crippen LogP contribution in [0.5, 0.6) is 0 Å². The van der Waals surface area contributed by atoms with E-state index >= 15 is 0 Å². The summed E-state index contributed by atoms with van der Waals surface area (Å²) < 4.78 is 0. The molecule has 0 N–H and O–H groups in total. The van der Waals surface area contributed by atoms with E-state index in [4.69, 9.17) is 0 Å². The second-order valence-electron chi connectivity index (χ2n) is 2.10. The van der Waals surface area contributed by atoms with Crippen molar-refractivity contribution in [2.24, 2.45) is 0 Å². The fourth-order valence-corrected chi connectivity index (χ4v) is 0.771. The highest BCUT2D eigenvalue weighted by molar-refractivity contribution is 5.27. The Hall–Kier alpha value is -1.04. The van der Waals surface area contributed by atoms with Gasteiger partial charge in [-0.15, -0.1) is 0 Å². The molecule has 0 spiro atoms. The third-order valence-electron chi connectivity index (χ3n) is 1.28. The van der Waals surface area contributed by atoms with Gasteiger partial charge in [-0.2, -0.15) is 0 Å². The smallest absolute Gasteiger partial charge is 0.0121 e. The van der Waals surface area contributed by atoms with Crippen LogP contribution >= 0.6 is 0 Å². The van der Waals surface area contributed by atoms with E-state index < -0.39 is 0 Å². The van der Waals surface area contributed by atoms with E-state index in [-0.39, 0.29) is 0 Å². The second kappa shape index (κ2) is 3.89. The molecule has 10 heavy (non-hydrogen) atoms. The first kappa shape index (κ1) is 7.07. The van der Waals surface area contributed by atoms with Gasteiger partial charge in [-0.05, 0) is 12.5 Å². The van der Waals surface area contributed by atoms with Crippen LogP contribution in [-0.4, -0.2) is 0 Å². The predicted octanol–water partition coefficient (Wildman–Crippen LogP) is 2.82. The molecule has 0 unspecified atom stereocenters. The molecule has 51 valence electrons. The summed E-state index contributed by atoms with van der Waals surface area (Å²) in [7, 11) is 0. The topological polar surface area (TPSA) is 0 Å². The molecule has 0 heterocycles. The van der Waals surface area contributed by atoms with Crippen molar-refractivity contribution in [3.63, 3.8) is 0 Å². The average Bonchev–Trinajstić information content (AvgIpc) is 2.03. The molecule has 1 radical (unpaired) electrons. The Morgan fingerprint density at radius 3 is 2.40 bits per heavy atom. The van der Waals surface area contributed by atoms with Crippen LogP contribution < -0.4 is 0 Å². The van der Waals surface area contributed by atoms with Gasteiger partial charge in [-0.1, -0.05) is 42.5 Å². The molecule has 0 saturated carbocycles. The van der Waals surface area contributed by atoms with Crippen molar-refractivity contribution >= 4 is 0 Å². The van der Waals surface area contributed by atoms with Gasteiger partial charge in [-0.25, -0.2) is 0 Å². The van der Waals surface area contributed by atoms with Crippen LogP contribution in [0.2, 0.25) is 0 Å². The molecule has 0 aliphatic carbocycles. The number of allylic oxidation sites excluding steroid dienone is 2. The van der Waals surface area contributed by atoms with Crippen LogP contribution in [0, 0.1) is 6.42 Å². The lowest BCUT2D eigenvalue weighted by Gasteiger charge is -1.91. The summed E-state index contributed by atoms with van der Waals surface area (Å²) in [5.41, 5.74) is 1.25. The van der Waals surface area contributed by atoms with Gasteiger partial charge in [0, 0.05) is 6.42 Å². The molecule has 0 nitrogen and oxygen atoms in total. The van der Waals surface area contributed by atoms with Crippen molar-refractivity contribution in [2.75, 3.05) is 0 Å². The third-order valence-corrected chi connectivity index (χ3v) is 1.28. The van der Waals surface area contributed by atoms with Crippen molar-refractivity contribution in [1.29, 1.82) is 0 Å². The van der Waals surface area contributed by atoms with Crippen molar-refractivity contribution in [3.05, 3.63) is 54.5 Å². The van der Waals surface area contributed by atoms with Gasteiger partial charge in [0.2, 0.25) is 0 Å². The summed E-state index contributed by atoms with van der Waals surface area (Å²) in [5, 5.41) is 0. The summed E-state index contributed by atoms with van der Waals surface area (Å²) >= 11 is 0. The predicted molar refractivity (Wildman–Crippen MR) is 44.7 cm³/mol. The second-order valence-corrected chi connectivity index (χ2v) is 2.10. The fourth-order valence-electron chi connectivity index (χ4n) is 0.771. The van der Waals surface area contributed by atoms with E-state index in [9.17, 15) is 0 Å². The number of rotatable bonds is 2. The van der Waals surface area contributed by atoms with Gasteiger partial charge in [0.1, 0.15) is 0 Å². The molecule has 0 aromatic heterocycles. The van der Waals surface area contributed by atoms with Gasteiger partial charge in [0.25, 0.3) is 0 Å². The average molecular weight is 131 g/mol. The maximum absolute atomic E-state index is 2.08. The molecule has 0 bridgehead atoms. The van der Waals surface area contributed by atoms with Gasteiger partial charge in [0.05, 0.1) is 0 Å². The number of hydrogen-bond acceptors (Lipinski definition) is 0. The summed E-state index contributed by atoms with van der Waals surface area (Å²) in [4.78, 5) is 0. The highest BCUT2D eigenvalue weighted by Crippen LogP contribution is 2.01. The Morgan fingerprint density at radius 1 is 1.10 bits per heavy atom. The largest absolute Gasteiger partial charge is 0.0910 e. The van der Waals surface area contributed by atoms with E-state index in [0.717, 1.165) is 0 Å². The molecule has 1 aromatic carbocycles. The maximum atomic E-state index is 2.08. The van der Waals surface area contributed by atoms with Gasteiger partial charge < -0.3 is 0 Å². The zero-order valence-electron chi connectivity index (χ0n) is 6.12. The molecule has 0 atom stereocenters. The monoisotopic (exact) mass is 131 g/mol. The normalized spacial score (nSPS) is 10.5. The molecule has 0 heteroatoms. The standard InChI is InChI=1S/C10H11/c1-2-3-7-10-8-5-4-6-9-10/h2-9H,1H3/b3-2-. The lowest BCUT2D eigenvalue weighted by atomic mass is 10.1. The molecular formula is C10H11. The van der Waals surface area contributed by atoms with Crippen LogP contribution in [0.3, 0.4) is 0 Å². The first-order chi connectivity index (χ1) is 4.93. The zero-order valence-corrected chi connectivity index (χ0v) is 6.12. The molecule has 1 rings (SSSR count). The quantitative estimate of drug-likeness (QED) is 0.579. The van der Waals surface area contributed by atoms with Crippen LogP contribution in [-0.2, 0) is 0 Å². The Balaban J connectivity index is 2.59. The number of benzene rings is 1. The summed E-state index contributed by atoms with van der Waals surface area (Å²) in [6.45, 7) is 2.01. The lowest BCUT2D eigenvalue weighted by molar-refractivity contribution is 1.51. The molecular weight excluding hydrogens is 120 g/mol. The highest BCUT2D eigenvalue weighted by Gasteiger charge is 1.83. The van der Waals surface area contributed by atoms with Crippen LogP contribution in [0.4, 0.5) is 0 Å². The molecule has 0 amide bonds. The van der Waals surface area contributed by atoms with Crippen LogP contribution in [0.1, 0.15) is 12.5 Å². The Kier molecular flexibility index (Phi) is 2.75. The molecule has 0 aliphatic rings. The number of hydrogen-bond donors (Lipinski definition) is 0. The molecule has 1 aromatic rings. The highest BCUT2D eigenvalue weighted by atomic mass is 13.9. The summed E-state index contributed by atoms with van der Waals surface area (Å²) in [5.74, 6) is 0. The van der Waals surface area contributed by atoms with E-state index in [1.807, 2.05) is 37.3 Å². The Morgan fingerprint density at radius 2 is 1.80 bits per heavy atom. The molecule has 0 aliphatic heterocycles. The molecule has 0 saturated heterocycles. The summed E-state index contributed by atoms with van der Waals surface area (Å²) in [6.07, 6.45) is 6.14. The van der Waals surface area contributed by atoms with Gasteiger partial charge in [-0.3, -0.25) is 0 Å². The van der Waals surface area contributed by atoms with E-state index in [2.05, 4.69) is 18.6 Å². The minimum atomic E-state index is 1.25. The fraction of sp³-hybridized carbons (Fsp3) is 0.100. The first-order valence-electron chi connectivity index (χ1n) is 3.44. The Bertz CT molecular complexity index is 197. The minimum absolute atomic E-state index is 1.25. The van der Waals surface area contributed by atoms with E-state index in [1.54, 1.807) is 0 Å².